The Morgan fingerprint density at radius 2 is 2.47 bits per heavy atom. The van der Waals surface area contributed by atoms with E-state index in [2.05, 4.69) is 9.97 Å². The third-order valence-corrected chi connectivity index (χ3v) is 2.55. The number of aryl methyl sites for hydroxylation is 1. The van der Waals surface area contributed by atoms with Gasteiger partial charge in [0, 0.05) is 12.6 Å². The van der Waals surface area contributed by atoms with Crippen molar-refractivity contribution >= 4 is 11.8 Å². The Labute approximate surface area is 97.0 Å². The SMILES string of the molecule is Cc1nc(N2CCOCC2C(=O)O)cc(=O)[nH]1. The van der Waals surface area contributed by atoms with Gasteiger partial charge >= 0.3 is 5.97 Å². The number of hydrogen-bond donors (Lipinski definition) is 2. The molecule has 2 N–H and O–H groups in total. The minimum atomic E-state index is -0.982. The van der Waals surface area contributed by atoms with Crippen LogP contribution >= 0.6 is 0 Å². The number of aromatic amines is 1. The van der Waals surface area contributed by atoms with Gasteiger partial charge in [0.1, 0.15) is 11.6 Å². The minimum absolute atomic E-state index is 0.100. The van der Waals surface area contributed by atoms with Gasteiger partial charge in [0.2, 0.25) is 0 Å². The van der Waals surface area contributed by atoms with Gasteiger partial charge in [-0.2, -0.15) is 0 Å². The minimum Gasteiger partial charge on any atom is -0.480 e. The number of nitrogens with one attached hydrogen (secondary N) is 1. The molecule has 7 heteroatoms. The van der Waals surface area contributed by atoms with E-state index in [-0.39, 0.29) is 12.2 Å². The van der Waals surface area contributed by atoms with E-state index in [1.807, 2.05) is 0 Å². The summed E-state index contributed by atoms with van der Waals surface area (Å²) in [5, 5.41) is 9.07. The van der Waals surface area contributed by atoms with Crippen molar-refractivity contribution in [3.8, 4) is 0 Å². The summed E-state index contributed by atoms with van der Waals surface area (Å²) in [7, 11) is 0. The molecule has 0 saturated carbocycles. The molecule has 0 aromatic carbocycles. The summed E-state index contributed by atoms with van der Waals surface area (Å²) in [5.74, 6) is -0.144. The lowest BCUT2D eigenvalue weighted by Crippen LogP contribution is -2.50. The van der Waals surface area contributed by atoms with Crippen molar-refractivity contribution < 1.29 is 14.6 Å². The first-order valence-corrected chi connectivity index (χ1v) is 5.23. The standard InChI is InChI=1S/C10H13N3O4/c1-6-11-8(4-9(14)12-6)13-2-3-17-5-7(13)10(15)16/h4,7H,2-3,5H2,1H3,(H,15,16)(H,11,12,14). The van der Waals surface area contributed by atoms with Crippen LogP contribution in [-0.4, -0.2) is 46.8 Å². The van der Waals surface area contributed by atoms with E-state index in [9.17, 15) is 9.59 Å². The Kier molecular flexibility index (Phi) is 3.10. The maximum Gasteiger partial charge on any atom is 0.328 e. The molecule has 2 heterocycles. The summed E-state index contributed by atoms with van der Waals surface area (Å²) >= 11 is 0. The zero-order valence-corrected chi connectivity index (χ0v) is 9.34. The van der Waals surface area contributed by atoms with Crippen LogP contribution in [0.4, 0.5) is 5.82 Å². The van der Waals surface area contributed by atoms with Crippen LogP contribution < -0.4 is 10.5 Å². The smallest absolute Gasteiger partial charge is 0.328 e. The van der Waals surface area contributed by atoms with E-state index < -0.39 is 12.0 Å². The Morgan fingerprint density at radius 1 is 1.71 bits per heavy atom. The number of hydrogen-bond acceptors (Lipinski definition) is 5. The molecule has 7 nitrogen and oxygen atoms in total. The molecule has 1 saturated heterocycles. The van der Waals surface area contributed by atoms with Crippen LogP contribution in [0.3, 0.4) is 0 Å². The van der Waals surface area contributed by atoms with Crippen LogP contribution in [-0.2, 0) is 9.53 Å². The maximum absolute atomic E-state index is 11.3. The van der Waals surface area contributed by atoms with Crippen molar-refractivity contribution in [1.82, 2.24) is 9.97 Å². The summed E-state index contributed by atoms with van der Waals surface area (Å²) in [6.45, 7) is 2.59. The first-order chi connectivity index (χ1) is 8.08. The molecule has 1 fully saturated rings. The highest BCUT2D eigenvalue weighted by atomic mass is 16.5. The van der Waals surface area contributed by atoms with Crippen molar-refractivity contribution in [2.45, 2.75) is 13.0 Å². The number of morpholine rings is 1. The van der Waals surface area contributed by atoms with E-state index in [4.69, 9.17) is 9.84 Å². The number of anilines is 1. The number of H-pyrrole nitrogens is 1. The van der Waals surface area contributed by atoms with Crippen molar-refractivity contribution in [3.63, 3.8) is 0 Å². The van der Waals surface area contributed by atoms with Gasteiger partial charge in [-0.3, -0.25) is 4.79 Å². The largest absolute Gasteiger partial charge is 0.480 e. The number of carboxylic acid groups (broad SMARTS) is 1. The molecule has 92 valence electrons. The summed E-state index contributed by atoms with van der Waals surface area (Å²) in [6, 6.07) is 0.506. The van der Waals surface area contributed by atoms with Gasteiger partial charge in [0.05, 0.1) is 13.2 Å². The molecule has 1 unspecified atom stereocenters. The fourth-order valence-electron chi connectivity index (χ4n) is 1.79. The van der Waals surface area contributed by atoms with Crippen molar-refractivity contribution in [2.24, 2.45) is 0 Å². The average Bonchev–Trinajstić information content (AvgIpc) is 2.27. The highest BCUT2D eigenvalue weighted by molar-refractivity contribution is 5.78. The molecule has 1 aliphatic heterocycles. The van der Waals surface area contributed by atoms with E-state index in [0.717, 1.165) is 0 Å². The van der Waals surface area contributed by atoms with Crippen molar-refractivity contribution in [1.29, 1.82) is 0 Å². The lowest BCUT2D eigenvalue weighted by Gasteiger charge is -2.33. The highest BCUT2D eigenvalue weighted by Crippen LogP contribution is 2.15. The number of aromatic nitrogens is 2. The van der Waals surface area contributed by atoms with Gasteiger partial charge in [0.15, 0.2) is 6.04 Å². The molecule has 2 rings (SSSR count). The predicted molar refractivity (Wildman–Crippen MR) is 59.2 cm³/mol. The first kappa shape index (κ1) is 11.6. The molecule has 1 aromatic heterocycles. The second-order valence-corrected chi connectivity index (χ2v) is 3.81. The molecule has 0 radical (unpaired) electrons. The van der Waals surface area contributed by atoms with E-state index in [1.54, 1.807) is 11.8 Å². The quantitative estimate of drug-likeness (QED) is 0.713. The van der Waals surface area contributed by atoms with Crippen LogP contribution in [0.15, 0.2) is 10.9 Å². The van der Waals surface area contributed by atoms with E-state index in [1.165, 1.54) is 6.07 Å². The molecule has 1 atom stereocenters. The number of rotatable bonds is 2. The second kappa shape index (κ2) is 4.54. The second-order valence-electron chi connectivity index (χ2n) is 3.81. The summed E-state index contributed by atoms with van der Waals surface area (Å²) in [4.78, 5) is 30.6. The van der Waals surface area contributed by atoms with Crippen LogP contribution in [0.2, 0.25) is 0 Å². The topological polar surface area (TPSA) is 95.5 Å². The molecule has 17 heavy (non-hydrogen) atoms. The fraction of sp³-hybridized carbons (Fsp3) is 0.500. The predicted octanol–water partition coefficient (Wildman–Crippen LogP) is -0.632. The van der Waals surface area contributed by atoms with Gasteiger partial charge < -0.3 is 19.7 Å². The van der Waals surface area contributed by atoms with Gasteiger partial charge in [-0.15, -0.1) is 0 Å². The molecule has 1 aliphatic rings. The van der Waals surface area contributed by atoms with Crippen LogP contribution in [0.5, 0.6) is 0 Å². The normalized spacial score (nSPS) is 20.3. The van der Waals surface area contributed by atoms with Crippen LogP contribution in [0.1, 0.15) is 5.82 Å². The fourth-order valence-corrected chi connectivity index (χ4v) is 1.79. The summed E-state index contributed by atoms with van der Waals surface area (Å²) in [5.41, 5.74) is -0.289. The molecule has 0 spiro atoms. The van der Waals surface area contributed by atoms with Gasteiger partial charge in [0.25, 0.3) is 5.56 Å². The monoisotopic (exact) mass is 239 g/mol. The zero-order chi connectivity index (χ0) is 12.4. The zero-order valence-electron chi connectivity index (χ0n) is 9.34. The lowest BCUT2D eigenvalue weighted by molar-refractivity contribution is -0.141. The molecule has 1 aromatic rings. The van der Waals surface area contributed by atoms with E-state index in [0.29, 0.717) is 24.8 Å². The summed E-state index contributed by atoms with van der Waals surface area (Å²) in [6.07, 6.45) is 0. The van der Waals surface area contributed by atoms with Gasteiger partial charge in [-0.05, 0) is 6.92 Å². The summed E-state index contributed by atoms with van der Waals surface area (Å²) < 4.78 is 5.12. The average molecular weight is 239 g/mol. The molecular formula is C10H13N3O4. The Balaban J connectivity index is 2.35. The highest BCUT2D eigenvalue weighted by Gasteiger charge is 2.30. The van der Waals surface area contributed by atoms with E-state index >= 15 is 0 Å². The Bertz CT molecular complexity index is 485. The first-order valence-electron chi connectivity index (χ1n) is 5.23. The lowest BCUT2D eigenvalue weighted by atomic mass is 10.2. The van der Waals surface area contributed by atoms with Gasteiger partial charge in [-0.1, -0.05) is 0 Å². The molecular weight excluding hydrogens is 226 g/mol. The number of aliphatic carboxylic acids is 1. The number of nitrogens with zero attached hydrogens (tertiary/aromatic N) is 2. The molecule has 0 bridgehead atoms. The molecule has 0 aliphatic carbocycles. The third kappa shape index (κ3) is 2.44. The maximum atomic E-state index is 11.3. The van der Waals surface area contributed by atoms with Crippen LogP contribution in [0, 0.1) is 6.92 Å². The number of carboxylic acids is 1. The molecule has 0 amide bonds. The van der Waals surface area contributed by atoms with Crippen molar-refractivity contribution in [3.05, 3.63) is 22.2 Å². The van der Waals surface area contributed by atoms with Crippen molar-refractivity contribution in [2.75, 3.05) is 24.7 Å². The van der Waals surface area contributed by atoms with Gasteiger partial charge in [-0.25, -0.2) is 9.78 Å². The Hall–Kier alpha value is -1.89. The number of ether oxygens (including phenoxy) is 1. The number of carbonyl (C=O) groups is 1. The Morgan fingerprint density at radius 3 is 3.12 bits per heavy atom. The van der Waals surface area contributed by atoms with Crippen LogP contribution in [0.25, 0.3) is 0 Å². The third-order valence-electron chi connectivity index (χ3n) is 2.55.